The number of nitrogens with zero attached hydrogens (tertiary/aromatic N) is 1. The van der Waals surface area contributed by atoms with Gasteiger partial charge < -0.3 is 20.6 Å². The molecule has 0 radical (unpaired) electrons. The van der Waals surface area contributed by atoms with Gasteiger partial charge in [-0.1, -0.05) is 76.6 Å². The van der Waals surface area contributed by atoms with Crippen LogP contribution in [0, 0.1) is 11.8 Å². The van der Waals surface area contributed by atoms with Gasteiger partial charge in [0.25, 0.3) is 0 Å². The highest BCUT2D eigenvalue weighted by molar-refractivity contribution is 9.09. The standard InChI is InChI=1S/C26H28BrN3O4S/c27-18-13-26-20(19(21(18)35-26)23(32)28-14-16-7-3-1-4-8-16)25(34)30(11-12-31)22(26)24(33)29-15-17-9-5-2-6-10-17/h1-10,18-22,31H,11-15H2,(H,28,32)(H,29,33)/t18?,19-,20+,21-,22?,26?/m1/s1. The molecule has 3 unspecified atom stereocenters. The second-order valence-electron chi connectivity index (χ2n) is 9.33. The molecule has 9 heteroatoms. The fourth-order valence-corrected chi connectivity index (χ4v) is 9.48. The molecule has 0 aromatic heterocycles. The molecule has 3 saturated heterocycles. The van der Waals surface area contributed by atoms with Crippen molar-refractivity contribution in [2.75, 3.05) is 13.2 Å². The molecular formula is C26H28BrN3O4S. The zero-order valence-electron chi connectivity index (χ0n) is 19.1. The molecule has 2 aromatic rings. The molecule has 3 fully saturated rings. The number of alkyl halides is 1. The van der Waals surface area contributed by atoms with Crippen molar-refractivity contribution < 1.29 is 19.5 Å². The number of carbonyl (C=O) groups is 3. The van der Waals surface area contributed by atoms with Gasteiger partial charge in [-0.05, 0) is 17.5 Å². The van der Waals surface area contributed by atoms with E-state index in [9.17, 15) is 19.5 Å². The molecule has 5 rings (SSSR count). The van der Waals surface area contributed by atoms with Crippen molar-refractivity contribution in [1.82, 2.24) is 15.5 Å². The Balaban J connectivity index is 1.39. The number of thioether (sulfide) groups is 1. The lowest BCUT2D eigenvalue weighted by Crippen LogP contribution is -2.54. The molecule has 7 nitrogen and oxygen atoms in total. The van der Waals surface area contributed by atoms with Gasteiger partial charge in [0.15, 0.2) is 0 Å². The molecule has 3 N–H and O–H groups in total. The van der Waals surface area contributed by atoms with E-state index in [1.807, 2.05) is 60.7 Å². The minimum Gasteiger partial charge on any atom is -0.395 e. The first-order valence-corrected chi connectivity index (χ1v) is 13.6. The summed E-state index contributed by atoms with van der Waals surface area (Å²) in [4.78, 5) is 42.2. The number of hydrogen-bond acceptors (Lipinski definition) is 5. The number of carbonyl (C=O) groups excluding carboxylic acids is 3. The highest BCUT2D eigenvalue weighted by atomic mass is 79.9. The van der Waals surface area contributed by atoms with Crippen molar-refractivity contribution in [3.63, 3.8) is 0 Å². The monoisotopic (exact) mass is 557 g/mol. The summed E-state index contributed by atoms with van der Waals surface area (Å²) in [7, 11) is 0. The van der Waals surface area contributed by atoms with Crippen LogP contribution in [-0.4, -0.2) is 61.7 Å². The van der Waals surface area contributed by atoms with Gasteiger partial charge in [0.1, 0.15) is 6.04 Å². The summed E-state index contributed by atoms with van der Waals surface area (Å²) in [5.74, 6) is -1.75. The van der Waals surface area contributed by atoms with Gasteiger partial charge >= 0.3 is 0 Å². The van der Waals surface area contributed by atoms with Gasteiger partial charge in [-0.15, -0.1) is 11.8 Å². The molecule has 2 bridgehead atoms. The van der Waals surface area contributed by atoms with E-state index in [1.165, 1.54) is 4.90 Å². The third kappa shape index (κ3) is 4.27. The van der Waals surface area contributed by atoms with E-state index in [4.69, 9.17) is 0 Å². The number of halogens is 1. The van der Waals surface area contributed by atoms with Crippen LogP contribution in [0.4, 0.5) is 0 Å². The van der Waals surface area contributed by atoms with Crippen LogP contribution in [0.1, 0.15) is 17.5 Å². The summed E-state index contributed by atoms with van der Waals surface area (Å²) >= 11 is 5.35. The molecule has 3 aliphatic heterocycles. The number of rotatable bonds is 8. The van der Waals surface area contributed by atoms with Crippen LogP contribution < -0.4 is 10.6 Å². The van der Waals surface area contributed by atoms with Crippen LogP contribution >= 0.6 is 27.7 Å². The normalized spacial score (nSPS) is 30.9. The van der Waals surface area contributed by atoms with Crippen molar-refractivity contribution in [3.8, 4) is 0 Å². The fourth-order valence-electron chi connectivity index (χ4n) is 5.86. The topological polar surface area (TPSA) is 98.7 Å². The number of amides is 3. The second-order valence-corrected chi connectivity index (χ2v) is 12.0. The summed E-state index contributed by atoms with van der Waals surface area (Å²) in [6, 6.07) is 18.5. The van der Waals surface area contributed by atoms with Crippen molar-refractivity contribution in [2.45, 2.75) is 40.4 Å². The third-order valence-corrected chi connectivity index (χ3v) is 10.5. The molecule has 184 valence electrons. The van der Waals surface area contributed by atoms with Gasteiger partial charge in [0.2, 0.25) is 17.7 Å². The molecule has 3 aliphatic rings. The lowest BCUT2D eigenvalue weighted by molar-refractivity contribution is -0.140. The smallest absolute Gasteiger partial charge is 0.244 e. The first-order valence-electron chi connectivity index (χ1n) is 11.8. The predicted molar refractivity (Wildman–Crippen MR) is 138 cm³/mol. The number of likely N-dealkylation sites (tertiary alicyclic amines) is 1. The molecule has 35 heavy (non-hydrogen) atoms. The zero-order valence-corrected chi connectivity index (χ0v) is 21.5. The van der Waals surface area contributed by atoms with Crippen molar-refractivity contribution in [1.29, 1.82) is 0 Å². The van der Waals surface area contributed by atoms with Crippen LogP contribution in [0.3, 0.4) is 0 Å². The Labute approximate surface area is 217 Å². The molecular weight excluding hydrogens is 530 g/mol. The Bertz CT molecular complexity index is 1100. The molecule has 3 heterocycles. The van der Waals surface area contributed by atoms with Gasteiger partial charge in [-0.3, -0.25) is 14.4 Å². The average Bonchev–Trinajstić information content (AvgIpc) is 3.46. The van der Waals surface area contributed by atoms with Crippen LogP contribution in [0.15, 0.2) is 60.7 Å². The lowest BCUT2D eigenvalue weighted by Gasteiger charge is -2.35. The molecule has 1 spiro atoms. The first kappa shape index (κ1) is 24.3. The van der Waals surface area contributed by atoms with E-state index in [0.29, 0.717) is 19.5 Å². The van der Waals surface area contributed by atoms with E-state index in [2.05, 4.69) is 26.6 Å². The maximum absolute atomic E-state index is 13.7. The minimum atomic E-state index is -0.738. The first-order chi connectivity index (χ1) is 17.0. The molecule has 6 atom stereocenters. The Morgan fingerprint density at radius 1 is 1.00 bits per heavy atom. The molecule has 0 saturated carbocycles. The van der Waals surface area contributed by atoms with Crippen LogP contribution in [0.25, 0.3) is 0 Å². The second kappa shape index (κ2) is 9.95. The van der Waals surface area contributed by atoms with Gasteiger partial charge in [-0.25, -0.2) is 0 Å². The van der Waals surface area contributed by atoms with E-state index < -0.39 is 22.6 Å². The quantitative estimate of drug-likeness (QED) is 0.431. The van der Waals surface area contributed by atoms with Gasteiger partial charge in [0.05, 0.1) is 23.2 Å². The highest BCUT2D eigenvalue weighted by Crippen LogP contribution is 2.67. The Morgan fingerprint density at radius 2 is 1.57 bits per heavy atom. The fraction of sp³-hybridized carbons (Fsp3) is 0.423. The van der Waals surface area contributed by atoms with Crippen molar-refractivity contribution in [2.24, 2.45) is 11.8 Å². The number of hydrogen-bond donors (Lipinski definition) is 3. The summed E-state index contributed by atoms with van der Waals surface area (Å²) in [6.45, 7) is 0.561. The number of nitrogens with one attached hydrogen (secondary N) is 2. The van der Waals surface area contributed by atoms with Crippen LogP contribution in [0.5, 0.6) is 0 Å². The van der Waals surface area contributed by atoms with Crippen molar-refractivity contribution in [3.05, 3.63) is 71.8 Å². The molecule has 3 amide bonds. The minimum absolute atomic E-state index is 0.0162. The SMILES string of the molecule is O=C(NCc1ccccc1)C1N(CCO)C(=O)[C@@H]2[C@@H](C(=O)NCc3ccccc3)[C@@H]3SC12CC3Br. The van der Waals surface area contributed by atoms with E-state index in [0.717, 1.165) is 11.1 Å². The summed E-state index contributed by atoms with van der Waals surface area (Å²) in [5.41, 5.74) is 1.95. The van der Waals surface area contributed by atoms with E-state index in [1.54, 1.807) is 11.8 Å². The summed E-state index contributed by atoms with van der Waals surface area (Å²) in [6.07, 6.45) is 0.618. The van der Waals surface area contributed by atoms with Gasteiger partial charge in [0, 0.05) is 29.7 Å². The Hall–Kier alpha value is -2.36. The third-order valence-electron chi connectivity index (χ3n) is 7.30. The van der Waals surface area contributed by atoms with Gasteiger partial charge in [-0.2, -0.15) is 0 Å². The average molecular weight is 558 g/mol. The number of benzene rings is 2. The predicted octanol–water partition coefficient (Wildman–Crippen LogP) is 2.08. The number of aliphatic hydroxyl groups excluding tert-OH is 1. The lowest BCUT2D eigenvalue weighted by atomic mass is 9.70. The number of β-amino-alcohol motifs (C(OH)–C–C–N with tert-alkyl or cyclic N) is 1. The van der Waals surface area contributed by atoms with E-state index in [-0.39, 0.29) is 41.0 Å². The maximum Gasteiger partial charge on any atom is 0.244 e. The Kier molecular flexibility index (Phi) is 6.92. The highest BCUT2D eigenvalue weighted by Gasteiger charge is 2.75. The zero-order chi connectivity index (χ0) is 24.6. The number of aliphatic hydroxyl groups is 1. The molecule has 0 aliphatic carbocycles. The molecule has 2 aromatic carbocycles. The van der Waals surface area contributed by atoms with Crippen LogP contribution in [-0.2, 0) is 27.5 Å². The van der Waals surface area contributed by atoms with E-state index >= 15 is 0 Å². The number of fused-ring (bicyclic) bond motifs is 1. The summed E-state index contributed by atoms with van der Waals surface area (Å²) < 4.78 is -0.708. The maximum atomic E-state index is 13.7. The summed E-state index contributed by atoms with van der Waals surface area (Å²) in [5, 5.41) is 15.6. The van der Waals surface area contributed by atoms with Crippen molar-refractivity contribution >= 4 is 45.4 Å². The largest absolute Gasteiger partial charge is 0.395 e. The Morgan fingerprint density at radius 3 is 2.14 bits per heavy atom. The van der Waals surface area contributed by atoms with Crippen LogP contribution in [0.2, 0.25) is 0 Å².